The molecule has 0 aliphatic heterocycles. The van der Waals surface area contributed by atoms with E-state index in [1.165, 1.54) is 13.2 Å². The number of rotatable bonds is 10. The smallest absolute Gasteiger partial charge is 0.348 e. The standard InChI is InChI=1S/C22H25NO7S/c1-5-29-21(25)18-14(2)19(22(26)30-12-11-27-3)31-20(18)23-17(24)10-9-15-7-6-8-16(13-15)28-4/h6-10,13H,5,11-12H2,1-4H3,(H,23,24)/b10-9+. The van der Waals surface area contributed by atoms with Gasteiger partial charge in [-0.25, -0.2) is 9.59 Å². The van der Waals surface area contributed by atoms with Gasteiger partial charge in [0.15, 0.2) is 0 Å². The molecule has 1 heterocycles. The highest BCUT2D eigenvalue weighted by Gasteiger charge is 2.27. The minimum Gasteiger partial charge on any atom is -0.497 e. The van der Waals surface area contributed by atoms with Crippen LogP contribution in [-0.2, 0) is 19.0 Å². The molecule has 8 nitrogen and oxygen atoms in total. The number of benzene rings is 1. The van der Waals surface area contributed by atoms with Gasteiger partial charge in [0.2, 0.25) is 5.91 Å². The Morgan fingerprint density at radius 3 is 2.55 bits per heavy atom. The third kappa shape index (κ3) is 6.66. The molecule has 1 N–H and O–H groups in total. The number of hydrogen-bond acceptors (Lipinski definition) is 8. The van der Waals surface area contributed by atoms with E-state index in [9.17, 15) is 14.4 Å². The monoisotopic (exact) mass is 447 g/mol. The summed E-state index contributed by atoms with van der Waals surface area (Å²) in [5.41, 5.74) is 1.29. The molecule has 0 radical (unpaired) electrons. The predicted molar refractivity (Wildman–Crippen MR) is 118 cm³/mol. The van der Waals surface area contributed by atoms with E-state index in [4.69, 9.17) is 18.9 Å². The van der Waals surface area contributed by atoms with Gasteiger partial charge in [-0.05, 0) is 43.2 Å². The van der Waals surface area contributed by atoms with E-state index in [0.717, 1.165) is 16.9 Å². The molecule has 166 valence electrons. The number of ether oxygens (including phenoxy) is 4. The summed E-state index contributed by atoms with van der Waals surface area (Å²) in [4.78, 5) is 37.5. The summed E-state index contributed by atoms with van der Waals surface area (Å²) >= 11 is 0.961. The first-order chi connectivity index (χ1) is 14.9. The molecule has 0 bridgehead atoms. The van der Waals surface area contributed by atoms with Gasteiger partial charge in [0.25, 0.3) is 0 Å². The van der Waals surface area contributed by atoms with Crippen molar-refractivity contribution >= 4 is 40.3 Å². The second-order valence-corrected chi connectivity index (χ2v) is 7.23. The number of carbonyl (C=O) groups excluding carboxylic acids is 3. The van der Waals surface area contributed by atoms with Gasteiger partial charge < -0.3 is 24.3 Å². The normalized spacial score (nSPS) is 10.7. The van der Waals surface area contributed by atoms with E-state index in [2.05, 4.69) is 5.32 Å². The van der Waals surface area contributed by atoms with E-state index in [-0.39, 0.29) is 35.3 Å². The Kier molecular flexibility index (Phi) is 9.23. The highest BCUT2D eigenvalue weighted by Crippen LogP contribution is 2.34. The Bertz CT molecular complexity index is 965. The molecule has 0 aliphatic rings. The van der Waals surface area contributed by atoms with Crippen molar-refractivity contribution in [1.29, 1.82) is 0 Å². The van der Waals surface area contributed by atoms with Crippen LogP contribution < -0.4 is 10.1 Å². The SMILES string of the molecule is CCOC(=O)c1c(NC(=O)/C=C/c2cccc(OC)c2)sc(C(=O)OCCOC)c1C. The van der Waals surface area contributed by atoms with Crippen molar-refractivity contribution in [2.24, 2.45) is 0 Å². The topological polar surface area (TPSA) is 100 Å². The highest BCUT2D eigenvalue weighted by molar-refractivity contribution is 7.18. The van der Waals surface area contributed by atoms with Crippen LogP contribution in [-0.4, -0.2) is 51.9 Å². The molecule has 0 fully saturated rings. The Balaban J connectivity index is 2.25. The Morgan fingerprint density at radius 2 is 1.87 bits per heavy atom. The average Bonchev–Trinajstić information content (AvgIpc) is 3.08. The van der Waals surface area contributed by atoms with Crippen molar-refractivity contribution in [3.05, 3.63) is 51.9 Å². The lowest BCUT2D eigenvalue weighted by molar-refractivity contribution is -0.111. The summed E-state index contributed by atoms with van der Waals surface area (Å²) < 4.78 is 20.3. The minimum atomic E-state index is -0.626. The van der Waals surface area contributed by atoms with Gasteiger partial charge in [-0.3, -0.25) is 4.79 Å². The van der Waals surface area contributed by atoms with E-state index in [1.54, 1.807) is 45.2 Å². The zero-order chi connectivity index (χ0) is 22.8. The van der Waals surface area contributed by atoms with Gasteiger partial charge in [0.05, 0.1) is 25.9 Å². The fourth-order valence-electron chi connectivity index (χ4n) is 2.60. The molecule has 0 saturated heterocycles. The lowest BCUT2D eigenvalue weighted by Crippen LogP contribution is -2.13. The molecule has 2 rings (SSSR count). The first kappa shape index (κ1) is 24.1. The highest BCUT2D eigenvalue weighted by atomic mass is 32.1. The first-order valence-electron chi connectivity index (χ1n) is 9.50. The van der Waals surface area contributed by atoms with Crippen molar-refractivity contribution in [2.45, 2.75) is 13.8 Å². The Morgan fingerprint density at radius 1 is 1.10 bits per heavy atom. The lowest BCUT2D eigenvalue weighted by Gasteiger charge is -2.06. The number of amides is 1. The fraction of sp³-hybridized carbons (Fsp3) is 0.318. The summed E-state index contributed by atoms with van der Waals surface area (Å²) in [7, 11) is 3.05. The molecule has 2 aromatic rings. The summed E-state index contributed by atoms with van der Waals surface area (Å²) in [5, 5.41) is 2.88. The molecule has 0 unspecified atom stereocenters. The van der Waals surface area contributed by atoms with Crippen LogP contribution in [0.2, 0.25) is 0 Å². The van der Waals surface area contributed by atoms with Crippen LogP contribution in [0, 0.1) is 6.92 Å². The predicted octanol–water partition coefficient (Wildman–Crippen LogP) is 3.70. The van der Waals surface area contributed by atoms with E-state index >= 15 is 0 Å². The number of esters is 2. The van der Waals surface area contributed by atoms with Crippen molar-refractivity contribution in [3.63, 3.8) is 0 Å². The van der Waals surface area contributed by atoms with Gasteiger partial charge in [0, 0.05) is 13.2 Å². The van der Waals surface area contributed by atoms with Crippen LogP contribution >= 0.6 is 11.3 Å². The number of thiophene rings is 1. The first-order valence-corrected chi connectivity index (χ1v) is 10.3. The molecule has 0 saturated carbocycles. The molecular formula is C22H25NO7S. The fourth-order valence-corrected chi connectivity index (χ4v) is 3.69. The zero-order valence-electron chi connectivity index (χ0n) is 17.9. The van der Waals surface area contributed by atoms with Crippen molar-refractivity contribution in [2.75, 3.05) is 39.4 Å². The summed E-state index contributed by atoms with van der Waals surface area (Å²) in [6.45, 7) is 3.77. The second-order valence-electron chi connectivity index (χ2n) is 6.21. The Hall–Kier alpha value is -3.17. The number of carbonyl (C=O) groups is 3. The molecule has 9 heteroatoms. The maximum Gasteiger partial charge on any atom is 0.348 e. The molecule has 31 heavy (non-hydrogen) atoms. The maximum absolute atomic E-state index is 12.5. The summed E-state index contributed by atoms with van der Waals surface area (Å²) in [6, 6.07) is 7.20. The van der Waals surface area contributed by atoms with Gasteiger partial charge in [-0.15, -0.1) is 11.3 Å². The minimum absolute atomic E-state index is 0.0758. The molecule has 1 amide bonds. The van der Waals surface area contributed by atoms with Crippen LogP contribution in [0.3, 0.4) is 0 Å². The van der Waals surface area contributed by atoms with Crippen LogP contribution in [0.15, 0.2) is 30.3 Å². The summed E-state index contributed by atoms with van der Waals surface area (Å²) in [5.74, 6) is -1.02. The van der Waals surface area contributed by atoms with Gasteiger partial charge in [0.1, 0.15) is 22.2 Å². The largest absolute Gasteiger partial charge is 0.497 e. The summed E-state index contributed by atoms with van der Waals surface area (Å²) in [6.07, 6.45) is 2.94. The molecule has 0 spiro atoms. The van der Waals surface area contributed by atoms with Crippen LogP contribution in [0.1, 0.15) is 38.1 Å². The van der Waals surface area contributed by atoms with E-state index < -0.39 is 17.8 Å². The zero-order valence-corrected chi connectivity index (χ0v) is 18.7. The molecule has 0 aliphatic carbocycles. The number of nitrogens with one attached hydrogen (secondary N) is 1. The lowest BCUT2D eigenvalue weighted by atomic mass is 10.1. The second kappa shape index (κ2) is 11.9. The molecule has 0 atom stereocenters. The van der Waals surface area contributed by atoms with Crippen LogP contribution in [0.25, 0.3) is 6.08 Å². The van der Waals surface area contributed by atoms with Crippen LogP contribution in [0.5, 0.6) is 5.75 Å². The van der Waals surface area contributed by atoms with Crippen molar-refractivity contribution in [3.8, 4) is 5.75 Å². The quantitative estimate of drug-likeness (QED) is 0.337. The van der Waals surface area contributed by atoms with Crippen LogP contribution in [0.4, 0.5) is 5.00 Å². The molecule has 1 aromatic heterocycles. The third-order valence-corrected chi connectivity index (χ3v) is 5.28. The Labute approximate surface area is 184 Å². The van der Waals surface area contributed by atoms with E-state index in [1.807, 2.05) is 6.07 Å². The number of hydrogen-bond donors (Lipinski definition) is 1. The molecule has 1 aromatic carbocycles. The maximum atomic E-state index is 12.5. The number of anilines is 1. The van der Waals surface area contributed by atoms with E-state index in [0.29, 0.717) is 11.3 Å². The van der Waals surface area contributed by atoms with Crippen molar-refractivity contribution in [1.82, 2.24) is 0 Å². The van der Waals surface area contributed by atoms with Crippen molar-refractivity contribution < 1.29 is 33.3 Å². The molecular weight excluding hydrogens is 422 g/mol. The van der Waals surface area contributed by atoms with Gasteiger partial charge >= 0.3 is 11.9 Å². The van der Waals surface area contributed by atoms with Gasteiger partial charge in [-0.1, -0.05) is 12.1 Å². The average molecular weight is 448 g/mol. The number of methoxy groups -OCH3 is 2. The third-order valence-electron chi connectivity index (χ3n) is 4.09. The van der Waals surface area contributed by atoms with Gasteiger partial charge in [-0.2, -0.15) is 0 Å².